The second kappa shape index (κ2) is 5.52. The van der Waals surface area contributed by atoms with Crippen molar-refractivity contribution in [1.29, 1.82) is 0 Å². The summed E-state index contributed by atoms with van der Waals surface area (Å²) in [7, 11) is 1.88. The van der Waals surface area contributed by atoms with Crippen molar-refractivity contribution in [3.63, 3.8) is 0 Å². The third-order valence-corrected chi connectivity index (χ3v) is 3.18. The lowest BCUT2D eigenvalue weighted by Crippen LogP contribution is -2.43. The number of nitrogens with one attached hydrogen (secondary N) is 1. The summed E-state index contributed by atoms with van der Waals surface area (Å²) in [6, 6.07) is 0.337. The van der Waals surface area contributed by atoms with Crippen molar-refractivity contribution in [2.45, 2.75) is 39.9 Å². The van der Waals surface area contributed by atoms with Gasteiger partial charge in [-0.15, -0.1) is 5.10 Å². The van der Waals surface area contributed by atoms with Crippen LogP contribution in [-0.2, 0) is 20.1 Å². The van der Waals surface area contributed by atoms with Crippen molar-refractivity contribution in [1.82, 2.24) is 29.9 Å². The molecule has 1 unspecified atom stereocenters. The van der Waals surface area contributed by atoms with Gasteiger partial charge < -0.3 is 9.88 Å². The molecule has 0 aromatic carbocycles. The van der Waals surface area contributed by atoms with E-state index in [1.54, 1.807) is 4.68 Å². The van der Waals surface area contributed by atoms with E-state index >= 15 is 0 Å². The van der Waals surface area contributed by atoms with Crippen LogP contribution in [0.15, 0.2) is 24.9 Å². The molecule has 2 aromatic rings. The molecule has 0 radical (unpaired) electrons. The van der Waals surface area contributed by atoms with E-state index in [2.05, 4.69) is 46.0 Å². The minimum atomic E-state index is 0.159. The van der Waals surface area contributed by atoms with Gasteiger partial charge >= 0.3 is 0 Å². The van der Waals surface area contributed by atoms with Gasteiger partial charge in [0.05, 0.1) is 12.0 Å². The molecular weight excluding hydrogens is 240 g/mol. The first-order valence-electron chi connectivity index (χ1n) is 6.49. The van der Waals surface area contributed by atoms with Gasteiger partial charge in [0.1, 0.15) is 0 Å². The van der Waals surface area contributed by atoms with Crippen molar-refractivity contribution < 1.29 is 0 Å². The molecule has 0 saturated carbocycles. The maximum Gasteiger partial charge on any atom is 0.0964 e. The first-order chi connectivity index (χ1) is 8.95. The lowest BCUT2D eigenvalue weighted by Gasteiger charge is -2.31. The van der Waals surface area contributed by atoms with Crippen molar-refractivity contribution in [3.05, 3.63) is 30.6 Å². The van der Waals surface area contributed by atoms with E-state index in [0.717, 1.165) is 18.8 Å². The third-order valence-electron chi connectivity index (χ3n) is 3.18. The Hall–Kier alpha value is -1.69. The Morgan fingerprint density at radius 3 is 2.68 bits per heavy atom. The molecule has 19 heavy (non-hydrogen) atoms. The van der Waals surface area contributed by atoms with Gasteiger partial charge in [0.2, 0.25) is 0 Å². The number of imidazole rings is 1. The third kappa shape index (κ3) is 3.89. The Labute approximate surface area is 113 Å². The highest BCUT2D eigenvalue weighted by Gasteiger charge is 2.24. The molecule has 0 amide bonds. The van der Waals surface area contributed by atoms with Crippen LogP contribution in [0.5, 0.6) is 0 Å². The highest BCUT2D eigenvalue weighted by Crippen LogP contribution is 2.21. The van der Waals surface area contributed by atoms with Crippen LogP contribution in [-0.4, -0.2) is 30.6 Å². The average Bonchev–Trinajstić information content (AvgIpc) is 2.94. The van der Waals surface area contributed by atoms with E-state index in [4.69, 9.17) is 0 Å². The van der Waals surface area contributed by atoms with Gasteiger partial charge in [-0.1, -0.05) is 26.0 Å². The normalized spacial score (nSPS) is 13.7. The monoisotopic (exact) mass is 262 g/mol. The fourth-order valence-corrected chi connectivity index (χ4v) is 1.95. The molecule has 2 aromatic heterocycles. The second-order valence-corrected chi connectivity index (χ2v) is 5.94. The summed E-state index contributed by atoms with van der Waals surface area (Å²) in [5.74, 6) is 0. The van der Waals surface area contributed by atoms with Crippen LogP contribution < -0.4 is 5.32 Å². The maximum atomic E-state index is 4.10. The minimum absolute atomic E-state index is 0.159. The average molecular weight is 262 g/mol. The molecule has 2 rings (SSSR count). The predicted octanol–water partition coefficient (Wildman–Crippen LogP) is 1.22. The highest BCUT2D eigenvalue weighted by atomic mass is 15.4. The first kappa shape index (κ1) is 13.7. The van der Waals surface area contributed by atoms with E-state index in [-0.39, 0.29) is 5.41 Å². The molecule has 0 aliphatic carbocycles. The number of rotatable bonds is 5. The molecule has 2 heterocycles. The topological polar surface area (TPSA) is 60.6 Å². The lowest BCUT2D eigenvalue weighted by molar-refractivity contribution is 0.239. The van der Waals surface area contributed by atoms with Crippen LogP contribution in [0.3, 0.4) is 0 Å². The highest BCUT2D eigenvalue weighted by molar-refractivity contribution is 4.93. The number of hydrogen-bond acceptors (Lipinski definition) is 4. The van der Waals surface area contributed by atoms with Crippen LogP contribution in [0.4, 0.5) is 0 Å². The van der Waals surface area contributed by atoms with Gasteiger partial charge in [-0.2, -0.15) is 0 Å². The Kier molecular flexibility index (Phi) is 3.99. The van der Waals surface area contributed by atoms with Crippen LogP contribution >= 0.6 is 0 Å². The number of aryl methyl sites for hydroxylation is 1. The van der Waals surface area contributed by atoms with Gasteiger partial charge in [0.15, 0.2) is 0 Å². The predicted molar refractivity (Wildman–Crippen MR) is 73.3 cm³/mol. The van der Waals surface area contributed by atoms with Gasteiger partial charge in [0, 0.05) is 44.8 Å². The minimum Gasteiger partial charge on any atom is -0.336 e. The molecule has 0 saturated heterocycles. The van der Waals surface area contributed by atoms with Crippen LogP contribution in [0.1, 0.15) is 26.5 Å². The Morgan fingerprint density at radius 1 is 1.37 bits per heavy atom. The molecule has 6 heteroatoms. The summed E-state index contributed by atoms with van der Waals surface area (Å²) in [4.78, 5) is 4.09. The van der Waals surface area contributed by atoms with Crippen LogP contribution in [0.25, 0.3) is 0 Å². The molecule has 0 fully saturated rings. The molecule has 1 N–H and O–H groups in total. The van der Waals surface area contributed by atoms with Gasteiger partial charge in [-0.25, -0.2) is 4.98 Å². The fourth-order valence-electron chi connectivity index (χ4n) is 1.95. The molecule has 1 atom stereocenters. The molecule has 0 spiro atoms. The van der Waals surface area contributed by atoms with Gasteiger partial charge in [-0.3, -0.25) is 4.68 Å². The Bertz CT molecular complexity index is 493. The van der Waals surface area contributed by atoms with Crippen molar-refractivity contribution >= 4 is 0 Å². The first-order valence-corrected chi connectivity index (χ1v) is 6.49. The molecule has 0 bridgehead atoms. The van der Waals surface area contributed by atoms with E-state index < -0.39 is 0 Å². The fraction of sp³-hybridized carbons (Fsp3) is 0.615. The van der Waals surface area contributed by atoms with Crippen molar-refractivity contribution in [2.24, 2.45) is 12.5 Å². The standard InChI is InChI=1S/C13H22N6/c1-13(2,3)12(9-19-6-5-14-10-19)15-7-11-8-18(4)17-16-11/h5-6,8,10,12,15H,7,9H2,1-4H3. The summed E-state index contributed by atoms with van der Waals surface area (Å²) in [5, 5.41) is 11.6. The zero-order valence-corrected chi connectivity index (χ0v) is 12.0. The van der Waals surface area contributed by atoms with Crippen molar-refractivity contribution in [2.75, 3.05) is 0 Å². The summed E-state index contributed by atoms with van der Waals surface area (Å²) in [5.41, 5.74) is 1.12. The van der Waals surface area contributed by atoms with E-state index in [0.29, 0.717) is 6.04 Å². The zero-order valence-electron chi connectivity index (χ0n) is 12.0. The zero-order chi connectivity index (χ0) is 13.9. The van der Waals surface area contributed by atoms with E-state index in [9.17, 15) is 0 Å². The molecular formula is C13H22N6. The second-order valence-electron chi connectivity index (χ2n) is 5.94. The summed E-state index contributed by atoms with van der Waals surface area (Å²) < 4.78 is 3.82. The van der Waals surface area contributed by atoms with Crippen LogP contribution in [0.2, 0.25) is 0 Å². The maximum absolute atomic E-state index is 4.10. The van der Waals surface area contributed by atoms with Gasteiger partial charge in [-0.05, 0) is 5.41 Å². The summed E-state index contributed by atoms with van der Waals surface area (Å²) in [6.45, 7) is 8.32. The molecule has 0 aliphatic heterocycles. The smallest absolute Gasteiger partial charge is 0.0964 e. The number of nitrogens with zero attached hydrogens (tertiary/aromatic N) is 5. The summed E-state index contributed by atoms with van der Waals surface area (Å²) >= 11 is 0. The number of aromatic nitrogens is 5. The SMILES string of the molecule is Cn1cc(CNC(Cn2ccnc2)C(C)(C)C)nn1. The molecule has 0 aliphatic rings. The lowest BCUT2D eigenvalue weighted by atomic mass is 9.86. The quantitative estimate of drug-likeness (QED) is 0.880. The number of hydrogen-bond donors (Lipinski definition) is 1. The van der Waals surface area contributed by atoms with E-state index in [1.807, 2.05) is 32.0 Å². The van der Waals surface area contributed by atoms with Gasteiger partial charge in [0.25, 0.3) is 0 Å². The Balaban J connectivity index is 1.98. The van der Waals surface area contributed by atoms with Crippen LogP contribution in [0, 0.1) is 5.41 Å². The van der Waals surface area contributed by atoms with Crippen molar-refractivity contribution in [3.8, 4) is 0 Å². The van der Waals surface area contributed by atoms with E-state index in [1.165, 1.54) is 0 Å². The Morgan fingerprint density at radius 2 is 2.16 bits per heavy atom. The summed E-state index contributed by atoms with van der Waals surface area (Å²) in [6.07, 6.45) is 7.58. The molecule has 104 valence electrons. The molecule has 6 nitrogen and oxygen atoms in total. The largest absolute Gasteiger partial charge is 0.336 e.